The van der Waals surface area contributed by atoms with Crippen LogP contribution in [0.3, 0.4) is 0 Å². The van der Waals surface area contributed by atoms with E-state index in [0.29, 0.717) is 6.42 Å². The molecule has 0 atom stereocenters. The topological polar surface area (TPSA) is 17.1 Å². The van der Waals surface area contributed by atoms with Crippen LogP contribution in [0.2, 0.25) is 0 Å². The minimum atomic E-state index is 0.197. The summed E-state index contributed by atoms with van der Waals surface area (Å²) in [6.07, 6.45) is 0.523. The van der Waals surface area contributed by atoms with E-state index < -0.39 is 0 Å². The summed E-state index contributed by atoms with van der Waals surface area (Å²) in [5, 5.41) is 0. The average molecular weight is 339 g/mol. The van der Waals surface area contributed by atoms with Crippen molar-refractivity contribution in [3.63, 3.8) is 0 Å². The van der Waals surface area contributed by atoms with Crippen molar-refractivity contribution in [1.82, 2.24) is 0 Å². The Morgan fingerprint density at radius 1 is 1.58 bits per heavy atom. The standard InChI is InChI=1S/C9H8BrIO/c1-6(12)4-7-2-3-9(11)8(10)5-7/h2-3,5H,4H2,1H3. The van der Waals surface area contributed by atoms with Gasteiger partial charge in [0.2, 0.25) is 0 Å². The Balaban J connectivity index is 2.89. The highest BCUT2D eigenvalue weighted by molar-refractivity contribution is 14.1. The van der Waals surface area contributed by atoms with Gasteiger partial charge in [0.1, 0.15) is 5.78 Å². The molecule has 0 aliphatic carbocycles. The van der Waals surface area contributed by atoms with Crippen molar-refractivity contribution in [1.29, 1.82) is 0 Å². The zero-order valence-corrected chi connectivity index (χ0v) is 10.3. The molecule has 0 aliphatic rings. The maximum Gasteiger partial charge on any atom is 0.134 e. The zero-order valence-electron chi connectivity index (χ0n) is 6.60. The van der Waals surface area contributed by atoms with Crippen LogP contribution in [0.15, 0.2) is 22.7 Å². The van der Waals surface area contributed by atoms with Gasteiger partial charge in [-0.2, -0.15) is 0 Å². The maximum absolute atomic E-state index is 10.8. The molecule has 64 valence electrons. The number of carbonyl (C=O) groups is 1. The summed E-state index contributed by atoms with van der Waals surface area (Å²) in [7, 11) is 0. The van der Waals surface area contributed by atoms with Crippen LogP contribution < -0.4 is 0 Å². The van der Waals surface area contributed by atoms with Crippen LogP contribution in [0.4, 0.5) is 0 Å². The van der Waals surface area contributed by atoms with Gasteiger partial charge >= 0.3 is 0 Å². The van der Waals surface area contributed by atoms with E-state index in [1.165, 1.54) is 3.57 Å². The third-order valence-electron chi connectivity index (χ3n) is 1.44. The van der Waals surface area contributed by atoms with Gasteiger partial charge in [-0.15, -0.1) is 0 Å². The molecule has 1 rings (SSSR count). The van der Waals surface area contributed by atoms with E-state index >= 15 is 0 Å². The van der Waals surface area contributed by atoms with Crippen molar-refractivity contribution < 1.29 is 4.79 Å². The lowest BCUT2D eigenvalue weighted by atomic mass is 10.1. The molecule has 0 bridgehead atoms. The number of halogens is 2. The second-order valence-electron chi connectivity index (χ2n) is 2.63. The van der Waals surface area contributed by atoms with Crippen molar-refractivity contribution in [3.8, 4) is 0 Å². The Hall–Kier alpha value is 0.1000. The Kier molecular flexibility index (Phi) is 3.71. The third kappa shape index (κ3) is 2.86. The molecule has 0 spiro atoms. The predicted octanol–water partition coefficient (Wildman–Crippen LogP) is 3.19. The van der Waals surface area contributed by atoms with Crippen LogP contribution >= 0.6 is 38.5 Å². The van der Waals surface area contributed by atoms with Crippen LogP contribution in [-0.4, -0.2) is 5.78 Å². The molecule has 0 N–H and O–H groups in total. The first-order valence-corrected chi connectivity index (χ1v) is 5.40. The number of carbonyl (C=O) groups excluding carboxylic acids is 1. The fourth-order valence-electron chi connectivity index (χ4n) is 0.937. The Bertz CT molecular complexity index is 309. The van der Waals surface area contributed by atoms with E-state index in [4.69, 9.17) is 0 Å². The molecule has 1 nitrogen and oxygen atoms in total. The molecule has 12 heavy (non-hydrogen) atoms. The van der Waals surface area contributed by atoms with E-state index in [9.17, 15) is 4.79 Å². The van der Waals surface area contributed by atoms with Gasteiger partial charge < -0.3 is 0 Å². The molecule has 0 aliphatic heterocycles. The van der Waals surface area contributed by atoms with Crippen molar-refractivity contribution in [3.05, 3.63) is 31.8 Å². The zero-order chi connectivity index (χ0) is 9.14. The molecule has 0 saturated heterocycles. The van der Waals surface area contributed by atoms with Crippen LogP contribution in [0.25, 0.3) is 0 Å². The van der Waals surface area contributed by atoms with Crippen molar-refractivity contribution in [2.45, 2.75) is 13.3 Å². The van der Waals surface area contributed by atoms with Gasteiger partial charge in [0.05, 0.1) is 0 Å². The number of rotatable bonds is 2. The van der Waals surface area contributed by atoms with Gasteiger partial charge in [0, 0.05) is 14.5 Å². The summed E-state index contributed by atoms with van der Waals surface area (Å²) in [4.78, 5) is 10.8. The quantitative estimate of drug-likeness (QED) is 0.757. The van der Waals surface area contributed by atoms with Crippen molar-refractivity contribution in [2.75, 3.05) is 0 Å². The monoisotopic (exact) mass is 338 g/mol. The first-order chi connectivity index (χ1) is 5.59. The first kappa shape index (κ1) is 10.2. The fourth-order valence-corrected chi connectivity index (χ4v) is 1.70. The van der Waals surface area contributed by atoms with Gasteiger partial charge in [0.25, 0.3) is 0 Å². The molecule has 0 aromatic heterocycles. The highest BCUT2D eigenvalue weighted by atomic mass is 127. The van der Waals surface area contributed by atoms with Gasteiger partial charge in [0.15, 0.2) is 0 Å². The SMILES string of the molecule is CC(=O)Cc1ccc(I)c(Br)c1. The predicted molar refractivity (Wildman–Crippen MR) is 61.2 cm³/mol. The number of ketones is 1. The maximum atomic E-state index is 10.8. The molecule has 0 amide bonds. The molecular weight excluding hydrogens is 331 g/mol. The van der Waals surface area contributed by atoms with Crippen LogP contribution in [0.1, 0.15) is 12.5 Å². The Morgan fingerprint density at radius 2 is 2.25 bits per heavy atom. The molecule has 0 saturated carbocycles. The molecule has 0 unspecified atom stereocenters. The number of hydrogen-bond donors (Lipinski definition) is 0. The van der Waals surface area contributed by atoms with Gasteiger partial charge in [-0.25, -0.2) is 0 Å². The smallest absolute Gasteiger partial charge is 0.134 e. The number of Topliss-reactive ketones (excluding diaryl/α,β-unsaturated/α-hetero) is 1. The largest absolute Gasteiger partial charge is 0.300 e. The van der Waals surface area contributed by atoms with E-state index in [1.54, 1.807) is 6.92 Å². The van der Waals surface area contributed by atoms with E-state index in [0.717, 1.165) is 10.0 Å². The Morgan fingerprint density at radius 3 is 2.75 bits per heavy atom. The molecule has 1 aromatic carbocycles. The van der Waals surface area contributed by atoms with E-state index in [2.05, 4.69) is 38.5 Å². The first-order valence-electron chi connectivity index (χ1n) is 3.53. The third-order valence-corrected chi connectivity index (χ3v) is 3.78. The molecule has 0 fully saturated rings. The summed E-state index contributed by atoms with van der Waals surface area (Å²) >= 11 is 5.66. The summed E-state index contributed by atoms with van der Waals surface area (Å²) < 4.78 is 2.22. The second-order valence-corrected chi connectivity index (χ2v) is 4.64. The summed E-state index contributed by atoms with van der Waals surface area (Å²) in [6, 6.07) is 5.97. The summed E-state index contributed by atoms with van der Waals surface area (Å²) in [6.45, 7) is 1.60. The molecule has 0 radical (unpaired) electrons. The summed E-state index contributed by atoms with van der Waals surface area (Å²) in [5.74, 6) is 0.197. The molecule has 1 aromatic rings. The minimum absolute atomic E-state index is 0.197. The Labute approximate surface area is 93.8 Å². The number of hydrogen-bond acceptors (Lipinski definition) is 1. The van der Waals surface area contributed by atoms with Crippen LogP contribution in [0.5, 0.6) is 0 Å². The van der Waals surface area contributed by atoms with Crippen LogP contribution in [0, 0.1) is 3.57 Å². The lowest BCUT2D eigenvalue weighted by Gasteiger charge is -2.00. The summed E-state index contributed by atoms with van der Waals surface area (Å²) in [5.41, 5.74) is 1.06. The molecule has 0 heterocycles. The fraction of sp³-hybridized carbons (Fsp3) is 0.222. The normalized spacial score (nSPS) is 9.92. The lowest BCUT2D eigenvalue weighted by molar-refractivity contribution is -0.116. The van der Waals surface area contributed by atoms with Gasteiger partial charge in [-0.1, -0.05) is 6.07 Å². The minimum Gasteiger partial charge on any atom is -0.300 e. The average Bonchev–Trinajstić information content (AvgIpc) is 1.96. The van der Waals surface area contributed by atoms with E-state index in [1.807, 2.05) is 18.2 Å². The van der Waals surface area contributed by atoms with E-state index in [-0.39, 0.29) is 5.78 Å². The highest BCUT2D eigenvalue weighted by Gasteiger charge is 2.00. The van der Waals surface area contributed by atoms with Gasteiger partial charge in [-0.05, 0) is 63.1 Å². The molecular formula is C9H8BrIO. The lowest BCUT2D eigenvalue weighted by Crippen LogP contribution is -1.96. The second kappa shape index (κ2) is 4.37. The molecule has 3 heteroatoms. The van der Waals surface area contributed by atoms with Crippen LogP contribution in [-0.2, 0) is 11.2 Å². The van der Waals surface area contributed by atoms with Crippen molar-refractivity contribution in [2.24, 2.45) is 0 Å². The van der Waals surface area contributed by atoms with Gasteiger partial charge in [-0.3, -0.25) is 4.79 Å². The number of benzene rings is 1. The highest BCUT2D eigenvalue weighted by Crippen LogP contribution is 2.20. The van der Waals surface area contributed by atoms with Crippen molar-refractivity contribution >= 4 is 44.3 Å².